The number of nitrogens with zero attached hydrogens (tertiary/aromatic N) is 3. The molecule has 1 aromatic carbocycles. The number of aromatic nitrogens is 1. The largest absolute Gasteiger partial charge is 0.323 e. The van der Waals surface area contributed by atoms with E-state index in [0.29, 0.717) is 0 Å². The van der Waals surface area contributed by atoms with Gasteiger partial charge in [-0.2, -0.15) is 5.10 Å². The van der Waals surface area contributed by atoms with Crippen LogP contribution in [0.25, 0.3) is 0 Å². The highest BCUT2D eigenvalue weighted by Gasteiger charge is 1.94. The lowest BCUT2D eigenvalue weighted by atomic mass is 10.1. The Morgan fingerprint density at radius 3 is 2.65 bits per heavy atom. The highest BCUT2D eigenvalue weighted by atomic mass is 32.1. The molecule has 3 nitrogen and oxygen atoms in total. The Hall–Kier alpha value is -1.68. The van der Waals surface area contributed by atoms with Crippen molar-refractivity contribution in [2.75, 3.05) is 0 Å². The summed E-state index contributed by atoms with van der Waals surface area (Å²) in [5.74, 6) is 0. The average Bonchev–Trinajstić information content (AvgIpc) is 2.63. The molecule has 0 amide bonds. The Bertz CT molecular complexity index is 605. The topological polar surface area (TPSA) is 29.6 Å². The molecule has 0 aliphatic rings. The number of rotatable bonds is 2. The van der Waals surface area contributed by atoms with E-state index >= 15 is 0 Å². The van der Waals surface area contributed by atoms with Gasteiger partial charge in [0.2, 0.25) is 4.80 Å². The summed E-state index contributed by atoms with van der Waals surface area (Å²) in [6.07, 6.45) is 1.80. The van der Waals surface area contributed by atoms with E-state index in [0.717, 1.165) is 10.4 Å². The Labute approximate surface area is 105 Å². The summed E-state index contributed by atoms with van der Waals surface area (Å²) in [5, 5.41) is 10.4. The predicted octanol–water partition coefficient (Wildman–Crippen LogP) is 2.64. The number of thiazole rings is 1. The normalized spacial score (nSPS) is 12.5. The van der Waals surface area contributed by atoms with Crippen LogP contribution in [0.15, 0.2) is 39.8 Å². The molecule has 0 radical (unpaired) electrons. The third kappa shape index (κ3) is 2.71. The molecule has 0 aliphatic carbocycles. The fraction of sp³-hybridized carbons (Fsp3) is 0.231. The van der Waals surface area contributed by atoms with Crippen LogP contribution in [0.3, 0.4) is 0 Å². The summed E-state index contributed by atoms with van der Waals surface area (Å²) < 4.78 is 2.03. The smallest absolute Gasteiger partial charge is 0.210 e. The van der Waals surface area contributed by atoms with Crippen LogP contribution in [0.4, 0.5) is 0 Å². The first-order valence-corrected chi connectivity index (χ1v) is 6.30. The highest BCUT2D eigenvalue weighted by Crippen LogP contribution is 2.03. The second kappa shape index (κ2) is 5.10. The minimum Gasteiger partial charge on any atom is -0.323 e. The molecular formula is C13H15N3S. The van der Waals surface area contributed by atoms with Crippen LogP contribution in [-0.4, -0.2) is 10.8 Å². The van der Waals surface area contributed by atoms with Gasteiger partial charge in [-0.25, -0.2) is 0 Å². The molecule has 0 bridgehead atoms. The van der Waals surface area contributed by atoms with E-state index in [1.807, 2.05) is 29.8 Å². The van der Waals surface area contributed by atoms with Gasteiger partial charge in [-0.05, 0) is 25.0 Å². The minimum atomic E-state index is 0.910. The Morgan fingerprint density at radius 2 is 2.00 bits per heavy atom. The number of hydrogen-bond donors (Lipinski definition) is 0. The third-order valence-electron chi connectivity index (χ3n) is 2.68. The molecule has 0 spiro atoms. The van der Waals surface area contributed by atoms with E-state index in [2.05, 4.69) is 35.5 Å². The van der Waals surface area contributed by atoms with Gasteiger partial charge in [0.1, 0.15) is 0 Å². The molecule has 1 heterocycles. The van der Waals surface area contributed by atoms with Crippen molar-refractivity contribution in [1.82, 2.24) is 4.57 Å². The molecule has 2 aromatic rings. The predicted molar refractivity (Wildman–Crippen MR) is 72.4 cm³/mol. The standard InChI is InChI=1S/C13H15N3S/c1-10-6-4-5-7-12(10)8-14-15-13-16(3)11(2)9-17-13/h4-9H,1-3H3. The SMILES string of the molecule is Cc1ccccc1C=NN=c1scc(C)n1C. The summed E-state index contributed by atoms with van der Waals surface area (Å²) in [5.41, 5.74) is 3.50. The monoisotopic (exact) mass is 245 g/mol. The van der Waals surface area contributed by atoms with Crippen LogP contribution in [0, 0.1) is 13.8 Å². The first-order chi connectivity index (χ1) is 8.18. The third-order valence-corrected chi connectivity index (χ3v) is 3.70. The van der Waals surface area contributed by atoms with Crippen molar-refractivity contribution in [1.29, 1.82) is 0 Å². The van der Waals surface area contributed by atoms with Gasteiger partial charge in [0.15, 0.2) is 0 Å². The van der Waals surface area contributed by atoms with Crippen molar-refractivity contribution in [2.45, 2.75) is 13.8 Å². The fourth-order valence-electron chi connectivity index (χ4n) is 1.41. The van der Waals surface area contributed by atoms with Crippen LogP contribution in [0.1, 0.15) is 16.8 Å². The summed E-state index contributed by atoms with van der Waals surface area (Å²) in [7, 11) is 1.99. The molecule has 17 heavy (non-hydrogen) atoms. The maximum atomic E-state index is 4.21. The van der Waals surface area contributed by atoms with Gasteiger partial charge < -0.3 is 4.57 Å². The highest BCUT2D eigenvalue weighted by molar-refractivity contribution is 7.07. The van der Waals surface area contributed by atoms with Gasteiger partial charge in [-0.1, -0.05) is 24.3 Å². The molecule has 0 N–H and O–H groups in total. The van der Waals surface area contributed by atoms with E-state index < -0.39 is 0 Å². The molecule has 1 aromatic heterocycles. The summed E-state index contributed by atoms with van der Waals surface area (Å²) in [6, 6.07) is 8.13. The number of aryl methyl sites for hydroxylation is 2. The second-order valence-corrected chi connectivity index (χ2v) is 4.76. The van der Waals surface area contributed by atoms with Crippen molar-refractivity contribution in [2.24, 2.45) is 17.3 Å². The van der Waals surface area contributed by atoms with Crippen LogP contribution >= 0.6 is 11.3 Å². The van der Waals surface area contributed by atoms with E-state index in [1.54, 1.807) is 17.6 Å². The molecule has 4 heteroatoms. The van der Waals surface area contributed by atoms with E-state index in [-0.39, 0.29) is 0 Å². The summed E-state index contributed by atoms with van der Waals surface area (Å²) in [6.45, 7) is 4.12. The molecule has 0 saturated carbocycles. The van der Waals surface area contributed by atoms with Crippen molar-refractivity contribution >= 4 is 17.6 Å². The number of hydrogen-bond acceptors (Lipinski definition) is 3. The summed E-state index contributed by atoms with van der Waals surface area (Å²) in [4.78, 5) is 0.910. The van der Waals surface area contributed by atoms with Crippen LogP contribution in [-0.2, 0) is 7.05 Å². The molecule has 0 unspecified atom stereocenters. The molecule has 0 aliphatic heterocycles. The van der Waals surface area contributed by atoms with Crippen molar-refractivity contribution in [3.05, 3.63) is 51.3 Å². The van der Waals surface area contributed by atoms with Gasteiger partial charge in [-0.15, -0.1) is 16.4 Å². The van der Waals surface area contributed by atoms with Crippen LogP contribution < -0.4 is 4.80 Å². The molecule has 0 fully saturated rings. The molecular weight excluding hydrogens is 230 g/mol. The zero-order chi connectivity index (χ0) is 12.3. The fourth-order valence-corrected chi connectivity index (χ4v) is 2.24. The number of benzene rings is 1. The lowest BCUT2D eigenvalue weighted by molar-refractivity contribution is 0.820. The maximum absolute atomic E-state index is 4.21. The maximum Gasteiger partial charge on any atom is 0.210 e. The minimum absolute atomic E-state index is 0.910. The second-order valence-electron chi connectivity index (χ2n) is 3.92. The van der Waals surface area contributed by atoms with Crippen molar-refractivity contribution < 1.29 is 0 Å². The Balaban J connectivity index is 2.26. The molecule has 88 valence electrons. The average molecular weight is 245 g/mol. The first-order valence-electron chi connectivity index (χ1n) is 5.42. The molecule has 0 saturated heterocycles. The van der Waals surface area contributed by atoms with E-state index in [9.17, 15) is 0 Å². The Kier molecular flexibility index (Phi) is 3.54. The van der Waals surface area contributed by atoms with Gasteiger partial charge in [0.05, 0.1) is 6.21 Å². The first kappa shape index (κ1) is 11.8. The van der Waals surface area contributed by atoms with Crippen molar-refractivity contribution in [3.63, 3.8) is 0 Å². The zero-order valence-corrected chi connectivity index (χ0v) is 11.0. The van der Waals surface area contributed by atoms with Gasteiger partial charge in [0, 0.05) is 18.1 Å². The lowest BCUT2D eigenvalue weighted by Crippen LogP contribution is -2.10. The molecule has 0 atom stereocenters. The molecule has 2 rings (SSSR count). The van der Waals surface area contributed by atoms with E-state index in [1.165, 1.54) is 11.3 Å². The van der Waals surface area contributed by atoms with Crippen LogP contribution in [0.2, 0.25) is 0 Å². The van der Waals surface area contributed by atoms with Crippen LogP contribution in [0.5, 0.6) is 0 Å². The quantitative estimate of drug-likeness (QED) is 0.575. The van der Waals surface area contributed by atoms with Crippen molar-refractivity contribution in [3.8, 4) is 0 Å². The van der Waals surface area contributed by atoms with E-state index in [4.69, 9.17) is 0 Å². The van der Waals surface area contributed by atoms with Gasteiger partial charge in [-0.3, -0.25) is 0 Å². The lowest BCUT2D eigenvalue weighted by Gasteiger charge is -1.96. The summed E-state index contributed by atoms with van der Waals surface area (Å²) >= 11 is 1.60. The van der Waals surface area contributed by atoms with Gasteiger partial charge >= 0.3 is 0 Å². The zero-order valence-electron chi connectivity index (χ0n) is 10.2. The Morgan fingerprint density at radius 1 is 1.24 bits per heavy atom. The van der Waals surface area contributed by atoms with Gasteiger partial charge in [0.25, 0.3) is 0 Å².